The lowest BCUT2D eigenvalue weighted by molar-refractivity contribution is 0.321. The molecule has 0 radical (unpaired) electrons. The molecule has 2 aliphatic heterocycles. The number of nitrogens with one attached hydrogen (secondary N) is 1. The van der Waals surface area contributed by atoms with Crippen molar-refractivity contribution in [2.45, 2.75) is 82.8 Å². The van der Waals surface area contributed by atoms with Gasteiger partial charge in [-0.25, -0.2) is 9.98 Å². The second-order valence-electron chi connectivity index (χ2n) is 18.5. The molecule has 1 aromatic heterocycles. The molecular formula is C55H51N5. The van der Waals surface area contributed by atoms with Crippen molar-refractivity contribution in [2.24, 2.45) is 33.7 Å². The lowest BCUT2D eigenvalue weighted by Gasteiger charge is -2.36. The van der Waals surface area contributed by atoms with E-state index < -0.39 is 0 Å². The quantitative estimate of drug-likeness (QED) is 0.185. The number of amidine groups is 1. The van der Waals surface area contributed by atoms with E-state index in [0.717, 1.165) is 55.9 Å². The van der Waals surface area contributed by atoms with E-state index in [9.17, 15) is 0 Å². The van der Waals surface area contributed by atoms with Crippen molar-refractivity contribution in [1.82, 2.24) is 14.8 Å². The number of guanidine groups is 1. The highest BCUT2D eigenvalue weighted by atomic mass is 15.4. The molecule has 60 heavy (non-hydrogen) atoms. The molecule has 1 saturated heterocycles. The van der Waals surface area contributed by atoms with Crippen LogP contribution in [0.4, 0.5) is 0 Å². The van der Waals surface area contributed by atoms with Gasteiger partial charge in [0.05, 0.1) is 5.52 Å². The topological polar surface area (TPSA) is 44.9 Å². The summed E-state index contributed by atoms with van der Waals surface area (Å²) >= 11 is 0. The molecule has 6 atom stereocenters. The maximum Gasteiger partial charge on any atom is 0.206 e. The number of aliphatic imine (C=N–C) groups is 2. The van der Waals surface area contributed by atoms with Gasteiger partial charge in [0, 0.05) is 57.0 Å². The number of nitrogens with zero attached hydrogens (tertiary/aromatic N) is 4. The first-order valence-electron chi connectivity index (χ1n) is 22.8. The Hall–Kier alpha value is -5.94. The second kappa shape index (κ2) is 13.8. The van der Waals surface area contributed by atoms with E-state index in [0.29, 0.717) is 29.7 Å². The van der Waals surface area contributed by atoms with Crippen LogP contribution in [0.2, 0.25) is 0 Å². The zero-order chi connectivity index (χ0) is 39.3. The number of hydrogen-bond acceptors (Lipinski definition) is 4. The Bertz CT molecular complexity index is 2870. The third-order valence-electron chi connectivity index (χ3n) is 15.3. The van der Waals surface area contributed by atoms with Gasteiger partial charge in [-0.1, -0.05) is 127 Å². The Morgan fingerprint density at radius 1 is 0.733 bits per heavy atom. The minimum absolute atomic E-state index is 0.351. The SMILES string of the molecule is C1=Cc2c(cc(C3N=C(c4ccccc4)NC(N4C5=CC6=CC(n7c8c(c9ccccc97)C=C7CCCCC7C8)=CCC6CC5C5C=CCCC54)=N3)c3ccccc23)CC1. The summed E-state index contributed by atoms with van der Waals surface area (Å²) in [7, 11) is 0. The van der Waals surface area contributed by atoms with Gasteiger partial charge in [0.15, 0.2) is 6.17 Å². The third-order valence-corrected chi connectivity index (χ3v) is 15.3. The Balaban J connectivity index is 0.942. The van der Waals surface area contributed by atoms with Gasteiger partial charge in [-0.05, 0) is 122 Å². The molecular weight excluding hydrogens is 731 g/mol. The highest BCUT2D eigenvalue weighted by Gasteiger charge is 2.49. The molecule has 8 aliphatic rings. The zero-order valence-corrected chi connectivity index (χ0v) is 34.2. The smallest absolute Gasteiger partial charge is 0.206 e. The first-order chi connectivity index (χ1) is 29.7. The first kappa shape index (κ1) is 34.9. The highest BCUT2D eigenvalue weighted by molar-refractivity contribution is 6.11. The Morgan fingerprint density at radius 2 is 1.60 bits per heavy atom. The van der Waals surface area contributed by atoms with Crippen molar-refractivity contribution in [3.05, 3.63) is 172 Å². The van der Waals surface area contributed by atoms with Crippen molar-refractivity contribution >= 4 is 51.3 Å². The summed E-state index contributed by atoms with van der Waals surface area (Å²) in [5.41, 5.74) is 15.3. The fourth-order valence-electron chi connectivity index (χ4n) is 12.5. The van der Waals surface area contributed by atoms with E-state index in [-0.39, 0.29) is 6.17 Å². The summed E-state index contributed by atoms with van der Waals surface area (Å²) in [6.07, 6.45) is 32.6. The number of aryl methyl sites for hydroxylation is 1. The average molecular weight is 782 g/mol. The lowest BCUT2D eigenvalue weighted by Crippen LogP contribution is -2.49. The zero-order valence-electron chi connectivity index (χ0n) is 34.2. The van der Waals surface area contributed by atoms with Gasteiger partial charge < -0.3 is 14.8 Å². The number of allylic oxidation sites excluding steroid dienone is 9. The van der Waals surface area contributed by atoms with Crippen LogP contribution in [-0.4, -0.2) is 27.3 Å². The highest BCUT2D eigenvalue weighted by Crippen LogP contribution is 2.53. The maximum absolute atomic E-state index is 5.69. The minimum atomic E-state index is -0.360. The normalized spacial score (nSPS) is 27.5. The van der Waals surface area contributed by atoms with Gasteiger partial charge in [0.1, 0.15) is 5.84 Å². The summed E-state index contributed by atoms with van der Waals surface area (Å²) in [6.45, 7) is 0. The van der Waals surface area contributed by atoms with Gasteiger partial charge in [-0.2, -0.15) is 0 Å². The number of hydrogen-bond donors (Lipinski definition) is 1. The molecule has 5 nitrogen and oxygen atoms in total. The summed E-state index contributed by atoms with van der Waals surface area (Å²) in [4.78, 5) is 13.8. The van der Waals surface area contributed by atoms with E-state index in [1.54, 1.807) is 5.57 Å². The number of para-hydroxylation sites is 1. The van der Waals surface area contributed by atoms with Crippen LogP contribution in [-0.2, 0) is 12.8 Å². The van der Waals surface area contributed by atoms with E-state index in [1.165, 1.54) is 98.7 Å². The fourth-order valence-corrected chi connectivity index (χ4v) is 12.5. The van der Waals surface area contributed by atoms with Crippen LogP contribution in [0.15, 0.2) is 148 Å². The molecule has 0 amide bonds. The van der Waals surface area contributed by atoms with Crippen LogP contribution >= 0.6 is 0 Å². The summed E-state index contributed by atoms with van der Waals surface area (Å²) in [5, 5.41) is 7.82. The molecule has 6 unspecified atom stereocenters. The van der Waals surface area contributed by atoms with E-state index in [1.807, 2.05) is 0 Å². The van der Waals surface area contributed by atoms with Crippen molar-refractivity contribution in [1.29, 1.82) is 0 Å². The molecule has 0 bridgehead atoms. The van der Waals surface area contributed by atoms with E-state index in [4.69, 9.17) is 9.98 Å². The third kappa shape index (κ3) is 5.43. The van der Waals surface area contributed by atoms with Gasteiger partial charge in [-0.3, -0.25) is 0 Å². The second-order valence-corrected chi connectivity index (χ2v) is 18.5. The van der Waals surface area contributed by atoms with Crippen molar-refractivity contribution in [3.8, 4) is 0 Å². The molecule has 0 spiro atoms. The van der Waals surface area contributed by atoms with Crippen LogP contribution in [0, 0.1) is 23.7 Å². The molecule has 1 N–H and O–H groups in total. The fraction of sp³-hybridized carbons (Fsp3) is 0.309. The van der Waals surface area contributed by atoms with Gasteiger partial charge in [0.25, 0.3) is 0 Å². The number of benzene rings is 4. The molecule has 5 heteroatoms. The van der Waals surface area contributed by atoms with Crippen LogP contribution in [0.25, 0.3) is 39.5 Å². The molecule has 2 fully saturated rings. The molecule has 4 aromatic carbocycles. The summed E-state index contributed by atoms with van der Waals surface area (Å²) < 4.78 is 2.65. The Labute approximate surface area is 353 Å². The molecule has 3 heterocycles. The predicted octanol–water partition coefficient (Wildman–Crippen LogP) is 12.3. The van der Waals surface area contributed by atoms with E-state index >= 15 is 0 Å². The number of likely N-dealkylation sites (tertiary alicyclic amines) is 1. The molecule has 296 valence electrons. The number of fused-ring (bicyclic) bond motifs is 11. The Morgan fingerprint density at radius 3 is 2.53 bits per heavy atom. The minimum Gasteiger partial charge on any atom is -0.313 e. The monoisotopic (exact) mass is 781 g/mol. The first-order valence-corrected chi connectivity index (χ1v) is 22.8. The lowest BCUT2D eigenvalue weighted by atomic mass is 9.72. The Kier molecular flexibility index (Phi) is 8.03. The number of rotatable bonds is 3. The van der Waals surface area contributed by atoms with Crippen molar-refractivity contribution in [2.75, 3.05) is 0 Å². The average Bonchev–Trinajstić information content (AvgIpc) is 3.81. The van der Waals surface area contributed by atoms with Gasteiger partial charge in [-0.15, -0.1) is 0 Å². The summed E-state index contributed by atoms with van der Waals surface area (Å²) in [5.74, 6) is 3.97. The van der Waals surface area contributed by atoms with Crippen LogP contribution < -0.4 is 5.32 Å². The van der Waals surface area contributed by atoms with Gasteiger partial charge >= 0.3 is 0 Å². The van der Waals surface area contributed by atoms with Gasteiger partial charge in [0.2, 0.25) is 5.96 Å². The maximum atomic E-state index is 5.69. The molecule has 5 aromatic rings. The molecule has 13 rings (SSSR count). The van der Waals surface area contributed by atoms with Crippen molar-refractivity contribution < 1.29 is 0 Å². The van der Waals surface area contributed by atoms with E-state index in [2.05, 4.69) is 148 Å². The predicted molar refractivity (Wildman–Crippen MR) is 247 cm³/mol. The van der Waals surface area contributed by atoms with Crippen LogP contribution in [0.5, 0.6) is 0 Å². The number of aromatic nitrogens is 1. The largest absolute Gasteiger partial charge is 0.313 e. The van der Waals surface area contributed by atoms with Crippen LogP contribution in [0.3, 0.4) is 0 Å². The standard InChI is InChI=1S/C55H51N5/c1-2-14-34(15-3-1)53-56-54(48-31-38-18-6-7-19-41(38)42-20-8-9-21-43(42)48)58-55(57-53)60-50-25-13-11-23-45(50)47-30-37-26-27-40(28-39(37)33-52(47)60)59-49-24-12-10-22-44(49)46-29-35-16-4-5-17-36(35)32-51(46)59/h1-3,7-12,14-15,19-24,27-29,31,33,36-37,45,47,50,54H,4-6,13,16-18,25-26,30,32H2,(H,56,57,58). The molecule has 6 aliphatic carbocycles. The molecule has 1 saturated carbocycles. The van der Waals surface area contributed by atoms with Crippen LogP contribution in [0.1, 0.15) is 97.5 Å². The summed E-state index contributed by atoms with van der Waals surface area (Å²) in [6, 6.07) is 31.5. The van der Waals surface area contributed by atoms with Crippen molar-refractivity contribution in [3.63, 3.8) is 0 Å².